The molecule has 0 radical (unpaired) electrons. The summed E-state index contributed by atoms with van der Waals surface area (Å²) in [5.41, 5.74) is 0. The molecule has 6 nitrogen and oxygen atoms in total. The maximum absolute atomic E-state index is 12.1. The lowest BCUT2D eigenvalue weighted by atomic mass is 10.2. The van der Waals surface area contributed by atoms with Crippen molar-refractivity contribution in [3.8, 4) is 11.5 Å². The average molecular weight is 333 g/mol. The zero-order valence-electron chi connectivity index (χ0n) is 12.4. The number of benzene rings is 1. The monoisotopic (exact) mass is 333 g/mol. The molecule has 1 amide bonds. The molecule has 0 aliphatic carbocycles. The molecule has 1 atom stereocenters. The van der Waals surface area contributed by atoms with Gasteiger partial charge in [-0.15, -0.1) is 11.3 Å². The molecule has 1 aromatic carbocycles. The SMILES string of the molecule is COC(=O)c1ccc(C(=O)NCC2COc3ccccc3O2)s1. The third-order valence-electron chi connectivity index (χ3n) is 3.27. The molecule has 1 aromatic heterocycles. The van der Waals surface area contributed by atoms with E-state index in [1.165, 1.54) is 7.11 Å². The van der Waals surface area contributed by atoms with Crippen LogP contribution in [0.3, 0.4) is 0 Å². The van der Waals surface area contributed by atoms with E-state index in [0.717, 1.165) is 11.3 Å². The lowest BCUT2D eigenvalue weighted by molar-refractivity contribution is 0.0606. The molecule has 120 valence electrons. The molecule has 3 rings (SSSR count). The van der Waals surface area contributed by atoms with Crippen LogP contribution in [0.2, 0.25) is 0 Å². The molecule has 2 aromatic rings. The van der Waals surface area contributed by atoms with Crippen LogP contribution < -0.4 is 14.8 Å². The van der Waals surface area contributed by atoms with E-state index in [1.54, 1.807) is 12.1 Å². The molecular weight excluding hydrogens is 318 g/mol. The number of fused-ring (bicyclic) bond motifs is 1. The number of para-hydroxylation sites is 2. The summed E-state index contributed by atoms with van der Waals surface area (Å²) in [6.45, 7) is 0.688. The number of carbonyl (C=O) groups excluding carboxylic acids is 2. The fourth-order valence-electron chi connectivity index (χ4n) is 2.13. The van der Waals surface area contributed by atoms with Crippen molar-refractivity contribution in [1.29, 1.82) is 0 Å². The number of hydrogen-bond donors (Lipinski definition) is 1. The van der Waals surface area contributed by atoms with Crippen molar-refractivity contribution >= 4 is 23.2 Å². The highest BCUT2D eigenvalue weighted by molar-refractivity contribution is 7.15. The first-order valence-corrected chi connectivity index (χ1v) is 7.84. The maximum atomic E-state index is 12.1. The molecule has 0 saturated carbocycles. The Morgan fingerprint density at radius 3 is 2.74 bits per heavy atom. The fourth-order valence-corrected chi connectivity index (χ4v) is 2.97. The molecule has 1 N–H and O–H groups in total. The molecule has 23 heavy (non-hydrogen) atoms. The van der Waals surface area contributed by atoms with Gasteiger partial charge in [-0.2, -0.15) is 0 Å². The first kappa shape index (κ1) is 15.4. The van der Waals surface area contributed by atoms with Crippen molar-refractivity contribution in [3.63, 3.8) is 0 Å². The Kier molecular flexibility index (Phi) is 4.47. The van der Waals surface area contributed by atoms with Crippen LogP contribution in [0.25, 0.3) is 0 Å². The lowest BCUT2D eigenvalue weighted by Crippen LogP contribution is -2.40. The van der Waals surface area contributed by atoms with Crippen LogP contribution in [0.1, 0.15) is 19.3 Å². The molecule has 0 fully saturated rings. The molecule has 0 saturated heterocycles. The smallest absolute Gasteiger partial charge is 0.348 e. The van der Waals surface area contributed by atoms with Crippen molar-refractivity contribution in [2.24, 2.45) is 0 Å². The van der Waals surface area contributed by atoms with Crippen LogP contribution in [0.5, 0.6) is 11.5 Å². The average Bonchev–Trinajstić information content (AvgIpc) is 3.09. The van der Waals surface area contributed by atoms with Crippen molar-refractivity contribution < 1.29 is 23.8 Å². The van der Waals surface area contributed by atoms with Gasteiger partial charge in [0.25, 0.3) is 5.91 Å². The van der Waals surface area contributed by atoms with Gasteiger partial charge in [-0.05, 0) is 24.3 Å². The van der Waals surface area contributed by atoms with E-state index in [1.807, 2.05) is 24.3 Å². The van der Waals surface area contributed by atoms with Gasteiger partial charge < -0.3 is 19.5 Å². The molecule has 1 aliphatic heterocycles. The van der Waals surface area contributed by atoms with Crippen LogP contribution in [-0.2, 0) is 4.74 Å². The minimum Gasteiger partial charge on any atom is -0.486 e. The van der Waals surface area contributed by atoms with E-state index < -0.39 is 5.97 Å². The summed E-state index contributed by atoms with van der Waals surface area (Å²) in [6.07, 6.45) is -0.256. The summed E-state index contributed by atoms with van der Waals surface area (Å²) in [5, 5.41) is 2.78. The summed E-state index contributed by atoms with van der Waals surface area (Å²) in [6, 6.07) is 10.6. The van der Waals surface area contributed by atoms with Gasteiger partial charge in [0.05, 0.1) is 18.5 Å². The minimum atomic E-state index is -0.449. The van der Waals surface area contributed by atoms with Gasteiger partial charge in [0.15, 0.2) is 11.5 Å². The number of carbonyl (C=O) groups is 2. The molecule has 0 bridgehead atoms. The van der Waals surface area contributed by atoms with Gasteiger partial charge in [0, 0.05) is 0 Å². The topological polar surface area (TPSA) is 73.9 Å². The largest absolute Gasteiger partial charge is 0.486 e. The van der Waals surface area contributed by atoms with E-state index in [2.05, 4.69) is 10.1 Å². The summed E-state index contributed by atoms with van der Waals surface area (Å²) in [7, 11) is 1.31. The second-order valence-electron chi connectivity index (χ2n) is 4.86. The van der Waals surface area contributed by atoms with Crippen LogP contribution in [0.4, 0.5) is 0 Å². The molecule has 0 spiro atoms. The van der Waals surface area contributed by atoms with Gasteiger partial charge in [-0.3, -0.25) is 4.79 Å². The molecular formula is C16H15NO5S. The zero-order chi connectivity index (χ0) is 16.2. The third kappa shape index (κ3) is 3.45. The molecule has 2 heterocycles. The number of esters is 1. The van der Waals surface area contributed by atoms with Crippen LogP contribution in [0, 0.1) is 0 Å². The summed E-state index contributed by atoms with van der Waals surface area (Å²) in [4.78, 5) is 24.3. The minimum absolute atomic E-state index is 0.256. The predicted octanol–water partition coefficient (Wildman–Crippen LogP) is 2.10. The number of thiophene rings is 1. The normalized spacial score (nSPS) is 15.8. The highest BCUT2D eigenvalue weighted by Crippen LogP contribution is 2.30. The van der Waals surface area contributed by atoms with Gasteiger partial charge in [-0.1, -0.05) is 12.1 Å². The first-order valence-electron chi connectivity index (χ1n) is 7.02. The molecule has 7 heteroatoms. The summed E-state index contributed by atoms with van der Waals surface area (Å²) in [5.74, 6) is 0.667. The maximum Gasteiger partial charge on any atom is 0.348 e. The number of nitrogens with one attached hydrogen (secondary N) is 1. The van der Waals surface area contributed by atoms with E-state index in [4.69, 9.17) is 9.47 Å². The van der Waals surface area contributed by atoms with E-state index in [0.29, 0.717) is 34.4 Å². The summed E-state index contributed by atoms with van der Waals surface area (Å²) >= 11 is 1.09. The van der Waals surface area contributed by atoms with E-state index >= 15 is 0 Å². The summed E-state index contributed by atoms with van der Waals surface area (Å²) < 4.78 is 16.0. The number of rotatable bonds is 4. The van der Waals surface area contributed by atoms with Crippen molar-refractivity contribution in [1.82, 2.24) is 5.32 Å². The van der Waals surface area contributed by atoms with E-state index in [-0.39, 0.29) is 12.0 Å². The standard InChI is InChI=1S/C16H15NO5S/c1-20-16(19)14-7-6-13(23-14)15(18)17-8-10-9-21-11-4-2-3-5-12(11)22-10/h2-7,10H,8-9H2,1H3,(H,17,18). The lowest BCUT2D eigenvalue weighted by Gasteiger charge is -2.26. The Morgan fingerprint density at radius 1 is 1.22 bits per heavy atom. The van der Waals surface area contributed by atoms with Crippen LogP contribution >= 0.6 is 11.3 Å². The molecule has 1 unspecified atom stereocenters. The highest BCUT2D eigenvalue weighted by Gasteiger charge is 2.22. The Labute approximate surface area is 137 Å². The fraction of sp³-hybridized carbons (Fsp3) is 0.250. The Hall–Kier alpha value is -2.54. The van der Waals surface area contributed by atoms with Gasteiger partial charge in [-0.25, -0.2) is 4.79 Å². The highest BCUT2D eigenvalue weighted by atomic mass is 32.1. The Morgan fingerprint density at radius 2 is 1.96 bits per heavy atom. The number of amides is 1. The van der Waals surface area contributed by atoms with Gasteiger partial charge in [0.1, 0.15) is 17.6 Å². The quantitative estimate of drug-likeness (QED) is 0.868. The van der Waals surface area contributed by atoms with Crippen LogP contribution in [-0.4, -0.2) is 38.2 Å². The Balaban J connectivity index is 1.55. The van der Waals surface area contributed by atoms with Gasteiger partial charge >= 0.3 is 5.97 Å². The number of ether oxygens (including phenoxy) is 3. The Bertz CT molecular complexity index is 727. The van der Waals surface area contributed by atoms with Gasteiger partial charge in [0.2, 0.25) is 0 Å². The van der Waals surface area contributed by atoms with E-state index in [9.17, 15) is 9.59 Å². The number of hydrogen-bond acceptors (Lipinski definition) is 6. The predicted molar refractivity (Wildman–Crippen MR) is 84.3 cm³/mol. The van der Waals surface area contributed by atoms with Crippen molar-refractivity contribution in [3.05, 3.63) is 46.2 Å². The van der Waals surface area contributed by atoms with Crippen LogP contribution in [0.15, 0.2) is 36.4 Å². The number of methoxy groups -OCH3 is 1. The molecule has 1 aliphatic rings. The van der Waals surface area contributed by atoms with Crippen molar-refractivity contribution in [2.75, 3.05) is 20.3 Å². The third-order valence-corrected chi connectivity index (χ3v) is 4.34. The second-order valence-corrected chi connectivity index (χ2v) is 5.95. The first-order chi connectivity index (χ1) is 11.2. The van der Waals surface area contributed by atoms with Crippen molar-refractivity contribution in [2.45, 2.75) is 6.10 Å². The second kappa shape index (κ2) is 6.70. The zero-order valence-corrected chi connectivity index (χ0v) is 13.2.